The van der Waals surface area contributed by atoms with Gasteiger partial charge >= 0.3 is 0 Å². The number of piperidine rings is 1. The summed E-state index contributed by atoms with van der Waals surface area (Å²) in [6, 6.07) is 14.2. The molecule has 0 aromatic heterocycles. The predicted octanol–water partition coefficient (Wildman–Crippen LogP) is 3.38. The number of nitrogens with one attached hydrogen (secondary N) is 1. The molecule has 1 unspecified atom stereocenters. The van der Waals surface area contributed by atoms with Crippen LogP contribution in [0.3, 0.4) is 0 Å². The number of hydrogen-bond acceptors (Lipinski definition) is 4. The molecule has 2 fully saturated rings. The van der Waals surface area contributed by atoms with E-state index in [0.717, 1.165) is 31.2 Å². The largest absolute Gasteiger partial charge is 0.389 e. The Labute approximate surface area is 194 Å². The van der Waals surface area contributed by atoms with Crippen LogP contribution in [0.1, 0.15) is 37.7 Å². The van der Waals surface area contributed by atoms with Crippen LogP contribution in [-0.2, 0) is 21.2 Å². The van der Waals surface area contributed by atoms with Crippen LogP contribution in [0.2, 0.25) is 5.02 Å². The van der Waals surface area contributed by atoms with Crippen LogP contribution >= 0.6 is 11.6 Å². The lowest BCUT2D eigenvalue weighted by Crippen LogP contribution is -2.58. The molecule has 8 heteroatoms. The summed E-state index contributed by atoms with van der Waals surface area (Å²) in [4.78, 5) is 15.4. The normalized spacial score (nSPS) is 24.6. The highest BCUT2D eigenvalue weighted by Gasteiger charge is 2.44. The minimum atomic E-state index is -3.88. The number of rotatable bonds is 6. The van der Waals surface area contributed by atoms with Crippen molar-refractivity contribution in [3.63, 3.8) is 0 Å². The van der Waals surface area contributed by atoms with E-state index in [1.165, 1.54) is 12.1 Å². The number of halogens is 1. The number of carbonyl (C=O) groups is 1. The third kappa shape index (κ3) is 5.17. The number of benzene rings is 2. The molecule has 6 nitrogen and oxygen atoms in total. The van der Waals surface area contributed by atoms with Crippen LogP contribution in [0.15, 0.2) is 59.5 Å². The first-order chi connectivity index (χ1) is 15.3. The maximum absolute atomic E-state index is 13.5. The quantitative estimate of drug-likeness (QED) is 0.669. The zero-order valence-electron chi connectivity index (χ0n) is 17.9. The smallest absolute Gasteiger partial charge is 0.241 e. The Morgan fingerprint density at radius 2 is 1.84 bits per heavy atom. The second kappa shape index (κ2) is 9.51. The fourth-order valence-electron chi connectivity index (χ4n) is 4.88. The number of nitrogens with zero attached hydrogens (tertiary/aromatic N) is 1. The van der Waals surface area contributed by atoms with Crippen LogP contribution < -0.4 is 4.72 Å². The van der Waals surface area contributed by atoms with Crippen LogP contribution in [0.4, 0.5) is 0 Å². The monoisotopic (exact) mass is 476 g/mol. The van der Waals surface area contributed by atoms with Gasteiger partial charge in [0.25, 0.3) is 0 Å². The van der Waals surface area contributed by atoms with Gasteiger partial charge in [0.2, 0.25) is 15.9 Å². The summed E-state index contributed by atoms with van der Waals surface area (Å²) >= 11 is 5.99. The lowest BCUT2D eigenvalue weighted by molar-refractivity contribution is -0.145. The fraction of sp³-hybridized carbons (Fsp3) is 0.458. The van der Waals surface area contributed by atoms with Crippen LogP contribution in [-0.4, -0.2) is 49.1 Å². The molecule has 4 rings (SSSR count). The highest BCUT2D eigenvalue weighted by Crippen LogP contribution is 2.40. The molecule has 32 heavy (non-hydrogen) atoms. The highest BCUT2D eigenvalue weighted by atomic mass is 35.5. The molecular weight excluding hydrogens is 448 g/mol. The van der Waals surface area contributed by atoms with Gasteiger partial charge in [-0.2, -0.15) is 4.72 Å². The van der Waals surface area contributed by atoms with Crippen molar-refractivity contribution in [2.45, 2.75) is 55.1 Å². The van der Waals surface area contributed by atoms with Gasteiger partial charge in [-0.1, -0.05) is 54.8 Å². The average Bonchev–Trinajstić information content (AvgIpc) is 2.79. The Hall–Kier alpha value is -1.93. The van der Waals surface area contributed by atoms with Crippen LogP contribution in [0.25, 0.3) is 0 Å². The zero-order valence-corrected chi connectivity index (χ0v) is 19.5. The van der Waals surface area contributed by atoms with Crippen molar-refractivity contribution in [2.24, 2.45) is 5.92 Å². The van der Waals surface area contributed by atoms with Gasteiger partial charge in [0.1, 0.15) is 6.04 Å². The Bertz CT molecular complexity index is 1050. The first kappa shape index (κ1) is 23.2. The topological polar surface area (TPSA) is 86.7 Å². The minimum Gasteiger partial charge on any atom is -0.389 e. The van der Waals surface area contributed by atoms with E-state index in [9.17, 15) is 18.3 Å². The Balaban J connectivity index is 1.57. The molecule has 172 valence electrons. The Kier molecular flexibility index (Phi) is 6.91. The van der Waals surface area contributed by atoms with E-state index >= 15 is 0 Å². The molecule has 1 heterocycles. The van der Waals surface area contributed by atoms with Crippen molar-refractivity contribution >= 4 is 27.5 Å². The van der Waals surface area contributed by atoms with Crippen LogP contribution in [0, 0.1) is 5.92 Å². The molecule has 1 amide bonds. The molecule has 3 atom stereocenters. The molecule has 1 saturated heterocycles. The van der Waals surface area contributed by atoms with E-state index < -0.39 is 21.7 Å². The molecule has 2 N–H and O–H groups in total. The second-order valence-corrected chi connectivity index (χ2v) is 11.0. The molecule has 0 spiro atoms. The van der Waals surface area contributed by atoms with E-state index in [-0.39, 0.29) is 23.1 Å². The summed E-state index contributed by atoms with van der Waals surface area (Å²) in [5, 5.41) is 11.5. The van der Waals surface area contributed by atoms with Gasteiger partial charge in [0, 0.05) is 24.0 Å². The first-order valence-corrected chi connectivity index (χ1v) is 13.0. The van der Waals surface area contributed by atoms with Gasteiger partial charge in [-0.3, -0.25) is 4.79 Å². The SMILES string of the molecule is O=C(C(Cc1ccc(Cl)cc1)NS(=O)(=O)c1ccccc1)N1CC[C@@]2(O)CCCC[C@H]2C1. The summed E-state index contributed by atoms with van der Waals surface area (Å²) in [5.41, 5.74) is 0.110. The van der Waals surface area contributed by atoms with Gasteiger partial charge in [-0.05, 0) is 55.5 Å². The number of hydrogen-bond donors (Lipinski definition) is 2. The molecule has 0 bridgehead atoms. The van der Waals surface area contributed by atoms with Gasteiger partial charge < -0.3 is 10.0 Å². The van der Waals surface area contributed by atoms with Gasteiger partial charge in [0.05, 0.1) is 10.5 Å². The van der Waals surface area contributed by atoms with Gasteiger partial charge in [-0.15, -0.1) is 0 Å². The molecule has 2 aromatic rings. The van der Waals surface area contributed by atoms with E-state index in [4.69, 9.17) is 11.6 Å². The van der Waals surface area contributed by atoms with Crippen molar-refractivity contribution in [1.82, 2.24) is 9.62 Å². The maximum Gasteiger partial charge on any atom is 0.241 e. The molecule has 1 aliphatic heterocycles. The van der Waals surface area contributed by atoms with Crippen molar-refractivity contribution in [3.05, 3.63) is 65.2 Å². The predicted molar refractivity (Wildman–Crippen MR) is 124 cm³/mol. The standard InChI is InChI=1S/C24H29ClN2O4S/c25-20-11-9-18(10-12-20)16-22(26-32(30,31)21-7-2-1-3-8-21)23(28)27-15-14-24(29)13-5-4-6-19(24)17-27/h1-3,7-12,19,22,26,29H,4-6,13-17H2/t19-,22?,24-/m0/s1. The van der Waals surface area contributed by atoms with Crippen molar-refractivity contribution < 1.29 is 18.3 Å². The van der Waals surface area contributed by atoms with E-state index in [1.54, 1.807) is 47.4 Å². The highest BCUT2D eigenvalue weighted by molar-refractivity contribution is 7.89. The van der Waals surface area contributed by atoms with Crippen molar-refractivity contribution in [3.8, 4) is 0 Å². The third-order valence-corrected chi connectivity index (χ3v) is 8.48. The summed E-state index contributed by atoms with van der Waals surface area (Å²) < 4.78 is 28.7. The van der Waals surface area contributed by atoms with Crippen LogP contribution in [0.5, 0.6) is 0 Å². The minimum absolute atomic E-state index is 0.0378. The number of aliphatic hydroxyl groups is 1. The number of likely N-dealkylation sites (tertiary alicyclic amines) is 1. The average molecular weight is 477 g/mol. The fourth-order valence-corrected chi connectivity index (χ4v) is 6.22. The number of carbonyl (C=O) groups excluding carboxylic acids is 1. The van der Waals surface area contributed by atoms with E-state index in [2.05, 4.69) is 4.72 Å². The molecule has 0 radical (unpaired) electrons. The second-order valence-electron chi connectivity index (χ2n) is 8.90. The van der Waals surface area contributed by atoms with Crippen molar-refractivity contribution in [1.29, 1.82) is 0 Å². The molecule has 1 aliphatic carbocycles. The molecule has 2 aromatic carbocycles. The molecular formula is C24H29ClN2O4S. The first-order valence-electron chi connectivity index (χ1n) is 11.1. The summed E-state index contributed by atoms with van der Waals surface area (Å²) in [6.45, 7) is 0.884. The summed E-state index contributed by atoms with van der Waals surface area (Å²) in [5.74, 6) is -0.219. The lowest BCUT2D eigenvalue weighted by Gasteiger charge is -2.48. The summed E-state index contributed by atoms with van der Waals surface area (Å²) in [6.07, 6.45) is 4.46. The Morgan fingerprint density at radius 3 is 2.56 bits per heavy atom. The number of sulfonamides is 1. The summed E-state index contributed by atoms with van der Waals surface area (Å²) in [7, 11) is -3.88. The van der Waals surface area contributed by atoms with Gasteiger partial charge in [-0.25, -0.2) is 8.42 Å². The van der Waals surface area contributed by atoms with Crippen molar-refractivity contribution in [2.75, 3.05) is 13.1 Å². The lowest BCUT2D eigenvalue weighted by atomic mass is 9.71. The molecule has 1 saturated carbocycles. The van der Waals surface area contributed by atoms with Gasteiger partial charge in [0.15, 0.2) is 0 Å². The Morgan fingerprint density at radius 1 is 1.12 bits per heavy atom. The maximum atomic E-state index is 13.5. The zero-order chi connectivity index (χ0) is 22.8. The van der Waals surface area contributed by atoms with E-state index in [0.29, 0.717) is 24.5 Å². The van der Waals surface area contributed by atoms with E-state index in [1.807, 2.05) is 0 Å². The molecule has 2 aliphatic rings. The number of fused-ring (bicyclic) bond motifs is 1. The third-order valence-electron chi connectivity index (χ3n) is 6.74. The number of amides is 1.